The van der Waals surface area contributed by atoms with Gasteiger partial charge in [0.2, 0.25) is 0 Å². The van der Waals surface area contributed by atoms with Crippen LogP contribution in [0.15, 0.2) is 4.99 Å². The van der Waals surface area contributed by atoms with Crippen LogP contribution in [0, 0.1) is 0 Å². The normalized spacial score (nSPS) is 11.9. The Hall–Kier alpha value is -0.570. The van der Waals surface area contributed by atoms with Crippen molar-refractivity contribution in [3.63, 3.8) is 0 Å². The summed E-state index contributed by atoms with van der Waals surface area (Å²) in [5, 5.41) is 10.2. The first kappa shape index (κ1) is 9.43. The lowest BCUT2D eigenvalue weighted by molar-refractivity contribution is -0.0362. The van der Waals surface area contributed by atoms with Crippen molar-refractivity contribution >= 4 is 6.34 Å². The van der Waals surface area contributed by atoms with Gasteiger partial charge in [-0.3, -0.25) is 10.2 Å². The van der Waals surface area contributed by atoms with E-state index in [2.05, 4.69) is 4.99 Å². The summed E-state index contributed by atoms with van der Waals surface area (Å²) in [6.45, 7) is 7.72. The van der Waals surface area contributed by atoms with Crippen molar-refractivity contribution in [1.29, 1.82) is 0 Å². The fourth-order valence-corrected chi connectivity index (χ4v) is 0.335. The van der Waals surface area contributed by atoms with E-state index in [9.17, 15) is 0 Å². The van der Waals surface area contributed by atoms with Gasteiger partial charge in [0.25, 0.3) is 0 Å². The molecule has 0 aromatic carbocycles. The summed E-state index contributed by atoms with van der Waals surface area (Å²) in [6, 6.07) is 0.343. The van der Waals surface area contributed by atoms with Gasteiger partial charge in [0, 0.05) is 6.04 Å². The molecule has 0 heterocycles. The summed E-state index contributed by atoms with van der Waals surface area (Å²) in [6.07, 6.45) is 1.45. The molecule has 3 nitrogen and oxygen atoms in total. The number of rotatable bonds is 3. The molecule has 0 aliphatic carbocycles. The summed E-state index contributed by atoms with van der Waals surface area (Å²) >= 11 is 0. The third-order valence-corrected chi connectivity index (χ3v) is 1.01. The van der Waals surface area contributed by atoms with Gasteiger partial charge in [0.05, 0.1) is 6.04 Å². The van der Waals surface area contributed by atoms with E-state index >= 15 is 0 Å². The molecule has 3 heteroatoms. The molecular weight excluding hydrogens is 128 g/mol. The van der Waals surface area contributed by atoms with Gasteiger partial charge in [-0.1, -0.05) is 0 Å². The maximum Gasteiger partial charge on any atom is 0.110 e. The van der Waals surface area contributed by atoms with Gasteiger partial charge in [-0.05, 0) is 27.7 Å². The van der Waals surface area contributed by atoms with E-state index in [4.69, 9.17) is 5.21 Å². The summed E-state index contributed by atoms with van der Waals surface area (Å²) in [5.74, 6) is 0. The SMILES string of the molecule is CC(C)/N=C/N(O)C(C)C. The number of hydrogen-bond donors (Lipinski definition) is 1. The van der Waals surface area contributed by atoms with E-state index in [0.717, 1.165) is 5.06 Å². The van der Waals surface area contributed by atoms with Crippen molar-refractivity contribution in [1.82, 2.24) is 5.06 Å². The first-order valence-electron chi connectivity index (χ1n) is 3.54. The van der Waals surface area contributed by atoms with E-state index in [-0.39, 0.29) is 12.1 Å². The van der Waals surface area contributed by atoms with Crippen molar-refractivity contribution in [2.45, 2.75) is 39.8 Å². The average Bonchev–Trinajstić information content (AvgIpc) is 1.82. The van der Waals surface area contributed by atoms with Crippen LogP contribution >= 0.6 is 0 Å². The Morgan fingerprint density at radius 1 is 1.30 bits per heavy atom. The van der Waals surface area contributed by atoms with E-state index in [1.807, 2.05) is 27.7 Å². The van der Waals surface area contributed by atoms with Crippen LogP contribution in [0.4, 0.5) is 0 Å². The minimum atomic E-state index is 0.0995. The van der Waals surface area contributed by atoms with Crippen molar-refractivity contribution in [3.8, 4) is 0 Å². The Balaban J connectivity index is 3.66. The van der Waals surface area contributed by atoms with Crippen LogP contribution in [0.25, 0.3) is 0 Å². The quantitative estimate of drug-likeness (QED) is 0.370. The number of aliphatic imine (C=N–C) groups is 1. The molecule has 0 unspecified atom stereocenters. The molecule has 0 amide bonds. The molecule has 0 spiro atoms. The fraction of sp³-hybridized carbons (Fsp3) is 0.857. The minimum Gasteiger partial charge on any atom is -0.287 e. The standard InChI is InChI=1S/C7H16N2O/c1-6(2)8-5-9(10)7(3)4/h5-7,10H,1-4H3/b8-5+. The Kier molecular flexibility index (Phi) is 4.03. The molecule has 60 valence electrons. The number of nitrogens with zero attached hydrogens (tertiary/aromatic N) is 2. The zero-order valence-corrected chi connectivity index (χ0v) is 7.07. The highest BCUT2D eigenvalue weighted by atomic mass is 16.5. The van der Waals surface area contributed by atoms with Crippen LogP contribution in [-0.2, 0) is 0 Å². The Bertz CT molecular complexity index is 110. The van der Waals surface area contributed by atoms with Crippen molar-refractivity contribution in [2.75, 3.05) is 0 Å². The number of hydroxylamine groups is 2. The van der Waals surface area contributed by atoms with Crippen molar-refractivity contribution < 1.29 is 5.21 Å². The average molecular weight is 144 g/mol. The first-order valence-corrected chi connectivity index (χ1v) is 3.54. The molecule has 0 rings (SSSR count). The van der Waals surface area contributed by atoms with Crippen LogP contribution in [0.2, 0.25) is 0 Å². The molecule has 0 saturated heterocycles. The zero-order chi connectivity index (χ0) is 8.15. The Morgan fingerprint density at radius 3 is 2.10 bits per heavy atom. The predicted octanol–water partition coefficient (Wildman–Crippen LogP) is 1.52. The third kappa shape index (κ3) is 4.32. The second-order valence-corrected chi connectivity index (χ2v) is 2.83. The van der Waals surface area contributed by atoms with Gasteiger partial charge in [-0.2, -0.15) is 0 Å². The Labute approximate surface area is 62.3 Å². The van der Waals surface area contributed by atoms with Crippen molar-refractivity contribution in [2.24, 2.45) is 4.99 Å². The van der Waals surface area contributed by atoms with E-state index in [1.165, 1.54) is 6.34 Å². The van der Waals surface area contributed by atoms with Gasteiger partial charge in [0.15, 0.2) is 0 Å². The highest BCUT2D eigenvalue weighted by molar-refractivity contribution is 5.53. The molecule has 0 bridgehead atoms. The second-order valence-electron chi connectivity index (χ2n) is 2.83. The molecule has 0 fully saturated rings. The lowest BCUT2D eigenvalue weighted by Crippen LogP contribution is -2.25. The van der Waals surface area contributed by atoms with Gasteiger partial charge in [-0.15, -0.1) is 0 Å². The topological polar surface area (TPSA) is 35.8 Å². The van der Waals surface area contributed by atoms with Crippen LogP contribution in [0.3, 0.4) is 0 Å². The molecule has 0 atom stereocenters. The summed E-state index contributed by atoms with van der Waals surface area (Å²) in [4.78, 5) is 4.00. The monoisotopic (exact) mass is 144 g/mol. The maximum atomic E-state index is 9.06. The summed E-state index contributed by atoms with van der Waals surface area (Å²) in [7, 11) is 0. The van der Waals surface area contributed by atoms with Gasteiger partial charge >= 0.3 is 0 Å². The predicted molar refractivity (Wildman–Crippen MR) is 42.4 cm³/mol. The van der Waals surface area contributed by atoms with Gasteiger partial charge in [-0.25, -0.2) is 5.06 Å². The largest absolute Gasteiger partial charge is 0.287 e. The molecule has 0 aliphatic heterocycles. The van der Waals surface area contributed by atoms with Gasteiger partial charge < -0.3 is 0 Å². The third-order valence-electron chi connectivity index (χ3n) is 1.01. The van der Waals surface area contributed by atoms with Crippen LogP contribution < -0.4 is 0 Å². The smallest absolute Gasteiger partial charge is 0.110 e. The lowest BCUT2D eigenvalue weighted by Gasteiger charge is -2.14. The van der Waals surface area contributed by atoms with E-state index in [1.54, 1.807) is 0 Å². The number of hydrogen-bond acceptors (Lipinski definition) is 2. The fourth-order valence-electron chi connectivity index (χ4n) is 0.335. The first-order chi connectivity index (χ1) is 4.54. The zero-order valence-electron chi connectivity index (χ0n) is 7.07. The van der Waals surface area contributed by atoms with Crippen LogP contribution in [0.1, 0.15) is 27.7 Å². The maximum absolute atomic E-state index is 9.06. The van der Waals surface area contributed by atoms with Gasteiger partial charge in [0.1, 0.15) is 6.34 Å². The summed E-state index contributed by atoms with van der Waals surface area (Å²) in [5.41, 5.74) is 0. The Morgan fingerprint density at radius 2 is 1.80 bits per heavy atom. The summed E-state index contributed by atoms with van der Waals surface area (Å²) < 4.78 is 0. The molecule has 0 aliphatic rings. The minimum absolute atomic E-state index is 0.0995. The highest BCUT2D eigenvalue weighted by Crippen LogP contribution is 1.90. The van der Waals surface area contributed by atoms with E-state index in [0.29, 0.717) is 0 Å². The molecule has 1 N–H and O–H groups in total. The van der Waals surface area contributed by atoms with Crippen LogP contribution in [0.5, 0.6) is 0 Å². The van der Waals surface area contributed by atoms with Crippen molar-refractivity contribution in [3.05, 3.63) is 0 Å². The molecule has 0 saturated carbocycles. The molecule has 0 aromatic heterocycles. The molecule has 0 radical (unpaired) electrons. The molecule has 0 aromatic rings. The van der Waals surface area contributed by atoms with E-state index < -0.39 is 0 Å². The molecule has 10 heavy (non-hydrogen) atoms. The van der Waals surface area contributed by atoms with Crippen LogP contribution in [-0.4, -0.2) is 28.7 Å². The molecular formula is C7H16N2O. The highest BCUT2D eigenvalue weighted by Gasteiger charge is 1.98. The second kappa shape index (κ2) is 4.28. The lowest BCUT2D eigenvalue weighted by atomic mass is 10.4.